The van der Waals surface area contributed by atoms with Crippen molar-refractivity contribution in [2.75, 3.05) is 5.32 Å². The zero-order chi connectivity index (χ0) is 24.1. The van der Waals surface area contributed by atoms with Crippen molar-refractivity contribution in [2.45, 2.75) is 30.4 Å². The number of ether oxygens (including phenoxy) is 1. The minimum absolute atomic E-state index is 0.296. The summed E-state index contributed by atoms with van der Waals surface area (Å²) in [6, 6.07) is 20.9. The van der Waals surface area contributed by atoms with Gasteiger partial charge in [0.2, 0.25) is 5.91 Å². The average molecular weight is 481 g/mol. The highest BCUT2D eigenvalue weighted by Crippen LogP contribution is 2.30. The Hall–Kier alpha value is -3.72. The maximum absolute atomic E-state index is 13.5. The predicted octanol–water partition coefficient (Wildman–Crippen LogP) is 5.80. The van der Waals surface area contributed by atoms with Crippen molar-refractivity contribution in [3.63, 3.8) is 0 Å². The van der Waals surface area contributed by atoms with Gasteiger partial charge < -0.3 is 10.1 Å². The number of nitrogens with one attached hydrogen (secondary N) is 1. The van der Waals surface area contributed by atoms with Crippen LogP contribution in [0.2, 0.25) is 0 Å². The van der Waals surface area contributed by atoms with Gasteiger partial charge in [-0.1, -0.05) is 36.0 Å². The second kappa shape index (κ2) is 10.5. The van der Waals surface area contributed by atoms with E-state index in [2.05, 4.69) is 15.5 Å². The molecule has 1 N–H and O–H groups in total. The number of benzene rings is 3. The van der Waals surface area contributed by atoms with Gasteiger partial charge in [0.25, 0.3) is 0 Å². The van der Waals surface area contributed by atoms with Gasteiger partial charge in [-0.05, 0) is 68.4 Å². The first-order valence-corrected chi connectivity index (χ1v) is 11.4. The molecule has 174 valence electrons. The quantitative estimate of drug-likeness (QED) is 0.323. The molecule has 6 nitrogen and oxygen atoms in total. The zero-order valence-corrected chi connectivity index (χ0v) is 19.3. The van der Waals surface area contributed by atoms with Crippen molar-refractivity contribution in [3.05, 3.63) is 96.3 Å². The van der Waals surface area contributed by atoms with Gasteiger partial charge in [-0.15, -0.1) is 10.2 Å². The predicted molar refractivity (Wildman–Crippen MR) is 127 cm³/mol. The highest BCUT2D eigenvalue weighted by molar-refractivity contribution is 8.00. The van der Waals surface area contributed by atoms with E-state index < -0.39 is 17.2 Å². The Kier molecular flexibility index (Phi) is 7.22. The molecule has 0 spiro atoms. The standard InChI is InChI=1S/C25H22F2N4O2S/c1-16(33-22-13-11-18(26)12-14-22)23-29-30-25(31(23)21-9-4-3-5-10-21)34-17(2)24(32)28-20-8-6-7-19(27)15-20/h3-17H,1-2H3,(H,28,32). The summed E-state index contributed by atoms with van der Waals surface area (Å²) in [5, 5.41) is 11.3. The molecule has 3 aromatic carbocycles. The summed E-state index contributed by atoms with van der Waals surface area (Å²) in [6.45, 7) is 3.56. The Morgan fingerprint density at radius 3 is 2.38 bits per heavy atom. The van der Waals surface area contributed by atoms with Crippen LogP contribution in [0, 0.1) is 11.6 Å². The topological polar surface area (TPSA) is 69.0 Å². The van der Waals surface area contributed by atoms with E-state index in [0.29, 0.717) is 22.4 Å². The van der Waals surface area contributed by atoms with Crippen molar-refractivity contribution in [3.8, 4) is 11.4 Å². The molecule has 0 bridgehead atoms. The summed E-state index contributed by atoms with van der Waals surface area (Å²) in [4.78, 5) is 12.7. The molecule has 1 heterocycles. The number of thioether (sulfide) groups is 1. The number of anilines is 1. The first-order chi connectivity index (χ1) is 16.4. The first-order valence-electron chi connectivity index (χ1n) is 10.6. The summed E-state index contributed by atoms with van der Waals surface area (Å²) in [6.07, 6.45) is -0.510. The molecule has 0 radical (unpaired) electrons. The number of para-hydroxylation sites is 1. The van der Waals surface area contributed by atoms with Crippen LogP contribution in [0.4, 0.5) is 14.5 Å². The Balaban J connectivity index is 1.57. The highest BCUT2D eigenvalue weighted by atomic mass is 32.2. The Morgan fingerprint density at radius 1 is 0.941 bits per heavy atom. The number of carbonyl (C=O) groups excluding carboxylic acids is 1. The van der Waals surface area contributed by atoms with Crippen LogP contribution in [0.25, 0.3) is 5.69 Å². The molecule has 1 aromatic heterocycles. The second-order valence-electron chi connectivity index (χ2n) is 7.49. The third-order valence-electron chi connectivity index (χ3n) is 4.91. The van der Waals surface area contributed by atoms with Crippen molar-refractivity contribution in [2.24, 2.45) is 0 Å². The lowest BCUT2D eigenvalue weighted by Gasteiger charge is -2.17. The van der Waals surface area contributed by atoms with Gasteiger partial charge in [0, 0.05) is 11.4 Å². The smallest absolute Gasteiger partial charge is 0.237 e. The molecule has 0 aliphatic rings. The summed E-state index contributed by atoms with van der Waals surface area (Å²) in [5.74, 6) is -0.0574. The van der Waals surface area contributed by atoms with Crippen LogP contribution in [0.5, 0.6) is 5.75 Å². The molecule has 4 aromatic rings. The van der Waals surface area contributed by atoms with Crippen LogP contribution < -0.4 is 10.1 Å². The number of hydrogen-bond donors (Lipinski definition) is 1. The third kappa shape index (κ3) is 5.60. The van der Waals surface area contributed by atoms with Gasteiger partial charge in [0.15, 0.2) is 17.1 Å². The third-order valence-corrected chi connectivity index (χ3v) is 5.95. The fourth-order valence-corrected chi connectivity index (χ4v) is 4.11. The van der Waals surface area contributed by atoms with Gasteiger partial charge in [0.1, 0.15) is 17.4 Å². The molecule has 2 unspecified atom stereocenters. The normalized spacial score (nSPS) is 12.7. The molecular weight excluding hydrogens is 458 g/mol. The molecule has 0 saturated carbocycles. The SMILES string of the molecule is CC(Sc1nnc(C(C)Oc2ccc(F)cc2)n1-c1ccccc1)C(=O)Nc1cccc(F)c1. The number of nitrogens with zero attached hydrogens (tertiary/aromatic N) is 3. The van der Waals surface area contributed by atoms with Crippen LogP contribution in [0.3, 0.4) is 0 Å². The van der Waals surface area contributed by atoms with Crippen LogP contribution >= 0.6 is 11.8 Å². The minimum atomic E-state index is -0.545. The first kappa shape index (κ1) is 23.4. The lowest BCUT2D eigenvalue weighted by Crippen LogP contribution is -2.23. The molecule has 0 aliphatic heterocycles. The molecule has 2 atom stereocenters. The molecule has 4 rings (SSSR count). The molecule has 1 amide bonds. The zero-order valence-electron chi connectivity index (χ0n) is 18.5. The molecule has 0 fully saturated rings. The van der Waals surface area contributed by atoms with Gasteiger partial charge >= 0.3 is 0 Å². The van der Waals surface area contributed by atoms with E-state index in [1.807, 2.05) is 41.8 Å². The fourth-order valence-electron chi connectivity index (χ4n) is 3.23. The second-order valence-corrected chi connectivity index (χ2v) is 8.79. The Morgan fingerprint density at radius 2 is 1.68 bits per heavy atom. The maximum atomic E-state index is 13.5. The van der Waals surface area contributed by atoms with E-state index in [0.717, 1.165) is 5.69 Å². The Bertz CT molecular complexity index is 1270. The number of carbonyl (C=O) groups is 1. The summed E-state index contributed by atoms with van der Waals surface area (Å²) in [5.41, 5.74) is 1.18. The fraction of sp³-hybridized carbons (Fsp3) is 0.160. The van der Waals surface area contributed by atoms with Gasteiger partial charge in [-0.3, -0.25) is 9.36 Å². The lowest BCUT2D eigenvalue weighted by atomic mass is 10.3. The van der Waals surface area contributed by atoms with Gasteiger partial charge in [-0.2, -0.15) is 0 Å². The van der Waals surface area contributed by atoms with Crippen LogP contribution in [0.15, 0.2) is 84.0 Å². The lowest BCUT2D eigenvalue weighted by molar-refractivity contribution is -0.115. The van der Waals surface area contributed by atoms with Crippen molar-refractivity contribution >= 4 is 23.4 Å². The molecule has 34 heavy (non-hydrogen) atoms. The minimum Gasteiger partial charge on any atom is -0.483 e. The van der Waals surface area contributed by atoms with E-state index in [1.54, 1.807) is 25.1 Å². The molecule has 0 aliphatic carbocycles. The molecule has 9 heteroatoms. The van der Waals surface area contributed by atoms with E-state index in [4.69, 9.17) is 4.74 Å². The van der Waals surface area contributed by atoms with Crippen molar-refractivity contribution < 1.29 is 18.3 Å². The van der Waals surface area contributed by atoms with E-state index in [9.17, 15) is 13.6 Å². The van der Waals surface area contributed by atoms with Crippen LogP contribution in [0.1, 0.15) is 25.8 Å². The van der Waals surface area contributed by atoms with Gasteiger partial charge in [0.05, 0.1) is 5.25 Å². The van der Waals surface area contributed by atoms with E-state index in [1.165, 1.54) is 42.1 Å². The number of halogens is 2. The van der Waals surface area contributed by atoms with Gasteiger partial charge in [-0.25, -0.2) is 8.78 Å². The van der Waals surface area contributed by atoms with E-state index in [-0.39, 0.29) is 11.7 Å². The van der Waals surface area contributed by atoms with Crippen molar-refractivity contribution in [1.29, 1.82) is 0 Å². The monoisotopic (exact) mass is 480 g/mol. The maximum Gasteiger partial charge on any atom is 0.237 e. The molecular formula is C25H22F2N4O2S. The highest BCUT2D eigenvalue weighted by Gasteiger charge is 2.24. The Labute approximate surface area is 200 Å². The summed E-state index contributed by atoms with van der Waals surface area (Å²) < 4.78 is 34.5. The largest absolute Gasteiger partial charge is 0.483 e. The molecule has 0 saturated heterocycles. The number of aromatic nitrogens is 3. The summed E-state index contributed by atoms with van der Waals surface area (Å²) >= 11 is 1.22. The van der Waals surface area contributed by atoms with Crippen LogP contribution in [-0.2, 0) is 4.79 Å². The number of hydrogen-bond acceptors (Lipinski definition) is 5. The van der Waals surface area contributed by atoms with Crippen LogP contribution in [-0.4, -0.2) is 25.9 Å². The van der Waals surface area contributed by atoms with Crippen molar-refractivity contribution in [1.82, 2.24) is 14.8 Å². The number of amides is 1. The average Bonchev–Trinajstić information content (AvgIpc) is 3.24. The van der Waals surface area contributed by atoms with E-state index >= 15 is 0 Å². The summed E-state index contributed by atoms with van der Waals surface area (Å²) in [7, 11) is 0. The number of rotatable bonds is 8.